The molecule has 136 valence electrons. The summed E-state index contributed by atoms with van der Waals surface area (Å²) in [6.45, 7) is 1.05. The molecule has 1 saturated heterocycles. The molecule has 0 spiro atoms. The van der Waals surface area contributed by atoms with E-state index < -0.39 is 0 Å². The fourth-order valence-corrected chi connectivity index (χ4v) is 3.95. The Balaban J connectivity index is 1.78. The third-order valence-corrected chi connectivity index (χ3v) is 5.58. The highest BCUT2D eigenvalue weighted by Gasteiger charge is 2.30. The van der Waals surface area contributed by atoms with Crippen molar-refractivity contribution in [3.63, 3.8) is 0 Å². The van der Waals surface area contributed by atoms with E-state index in [4.69, 9.17) is 0 Å². The van der Waals surface area contributed by atoms with Crippen LogP contribution in [0.4, 0.5) is 0 Å². The van der Waals surface area contributed by atoms with Gasteiger partial charge in [0.15, 0.2) is 5.78 Å². The van der Waals surface area contributed by atoms with E-state index in [0.29, 0.717) is 18.7 Å². The first-order valence-corrected chi connectivity index (χ1v) is 9.87. The molecule has 1 aliphatic rings. The van der Waals surface area contributed by atoms with Gasteiger partial charge in [0.1, 0.15) is 0 Å². The first kappa shape index (κ1) is 18.5. The Morgan fingerprint density at radius 2 is 1.92 bits per heavy atom. The van der Waals surface area contributed by atoms with E-state index in [2.05, 4.69) is 0 Å². The third kappa shape index (κ3) is 3.75. The Bertz CT molecular complexity index is 891. The van der Waals surface area contributed by atoms with Crippen molar-refractivity contribution in [3.05, 3.63) is 64.1 Å². The number of likely N-dealkylation sites (tertiary alicyclic amines) is 1. The summed E-state index contributed by atoms with van der Waals surface area (Å²) in [6, 6.07) is 10.6. The Hall–Kier alpha value is -2.34. The second-order valence-corrected chi connectivity index (χ2v) is 7.37. The maximum Gasteiger partial charge on any atom is 0.255 e. The maximum absolute atomic E-state index is 13.0. The Kier molecular flexibility index (Phi) is 5.61. The summed E-state index contributed by atoms with van der Waals surface area (Å²) in [5, 5.41) is 0. The summed E-state index contributed by atoms with van der Waals surface area (Å²) in [4.78, 5) is 40.0. The molecule has 0 saturated carbocycles. The van der Waals surface area contributed by atoms with Gasteiger partial charge in [-0.25, -0.2) is 0 Å². The van der Waals surface area contributed by atoms with E-state index in [1.54, 1.807) is 36.0 Å². The van der Waals surface area contributed by atoms with E-state index in [-0.39, 0.29) is 23.2 Å². The highest BCUT2D eigenvalue weighted by molar-refractivity contribution is 7.98. The molecule has 1 amide bonds. The van der Waals surface area contributed by atoms with E-state index in [1.807, 2.05) is 30.5 Å². The van der Waals surface area contributed by atoms with Crippen molar-refractivity contribution in [2.24, 2.45) is 13.0 Å². The van der Waals surface area contributed by atoms with Crippen molar-refractivity contribution in [1.29, 1.82) is 0 Å². The Morgan fingerprint density at radius 3 is 2.65 bits per heavy atom. The van der Waals surface area contributed by atoms with Gasteiger partial charge in [-0.15, -0.1) is 11.8 Å². The number of amides is 1. The van der Waals surface area contributed by atoms with Crippen LogP contribution in [0.3, 0.4) is 0 Å². The summed E-state index contributed by atoms with van der Waals surface area (Å²) in [7, 11) is 1.63. The number of nitrogens with zero attached hydrogens (tertiary/aromatic N) is 2. The molecular weight excluding hydrogens is 348 g/mol. The number of carbonyl (C=O) groups is 2. The zero-order valence-corrected chi connectivity index (χ0v) is 15.8. The molecule has 0 N–H and O–H groups in total. The molecule has 6 heteroatoms. The fourth-order valence-electron chi connectivity index (χ4n) is 3.35. The summed E-state index contributed by atoms with van der Waals surface area (Å²) < 4.78 is 1.40. The molecule has 0 aliphatic carbocycles. The third-order valence-electron chi connectivity index (χ3n) is 4.78. The normalized spacial score (nSPS) is 17.2. The molecule has 5 nitrogen and oxygen atoms in total. The number of hydrogen-bond acceptors (Lipinski definition) is 4. The first-order valence-electron chi connectivity index (χ1n) is 8.64. The number of rotatable bonds is 4. The predicted octanol–water partition coefficient (Wildman–Crippen LogP) is 2.84. The topological polar surface area (TPSA) is 59.4 Å². The Labute approximate surface area is 157 Å². The van der Waals surface area contributed by atoms with E-state index in [9.17, 15) is 14.4 Å². The number of Topliss-reactive ketones (excluding diaryl/α,β-unsaturated/α-hetero) is 1. The van der Waals surface area contributed by atoms with E-state index in [1.165, 1.54) is 10.6 Å². The van der Waals surface area contributed by atoms with Crippen molar-refractivity contribution in [2.45, 2.75) is 17.7 Å². The average Bonchev–Trinajstić information content (AvgIpc) is 2.69. The zero-order valence-electron chi connectivity index (χ0n) is 15.0. The molecule has 1 fully saturated rings. The molecular formula is C20H22N2O3S. The van der Waals surface area contributed by atoms with Crippen LogP contribution in [0.5, 0.6) is 0 Å². The summed E-state index contributed by atoms with van der Waals surface area (Å²) in [6.07, 6.45) is 5.11. The van der Waals surface area contributed by atoms with Crippen molar-refractivity contribution >= 4 is 23.5 Å². The number of carbonyl (C=O) groups excluding carboxylic acids is 2. The van der Waals surface area contributed by atoms with Crippen LogP contribution < -0.4 is 5.56 Å². The van der Waals surface area contributed by atoms with Crippen LogP contribution in [0.25, 0.3) is 0 Å². The SMILES string of the molecule is CSc1ccccc1C(=O)C1CCCN(C(=O)c2ccc(=O)n(C)c2)C1. The van der Waals surface area contributed by atoms with Crippen LogP contribution in [0, 0.1) is 5.92 Å². The lowest BCUT2D eigenvalue weighted by Gasteiger charge is -2.32. The Morgan fingerprint density at radius 1 is 1.15 bits per heavy atom. The van der Waals surface area contributed by atoms with Gasteiger partial charge in [0, 0.05) is 48.8 Å². The standard InChI is InChI=1S/C20H22N2O3S/c1-21-12-15(9-10-18(21)23)20(25)22-11-5-6-14(13-22)19(24)16-7-3-4-8-17(16)26-2/h3-4,7-10,12,14H,5-6,11,13H2,1-2H3. The highest BCUT2D eigenvalue weighted by Crippen LogP contribution is 2.27. The minimum absolute atomic E-state index is 0.105. The molecule has 2 aromatic rings. The van der Waals surface area contributed by atoms with Crippen molar-refractivity contribution < 1.29 is 9.59 Å². The van der Waals surface area contributed by atoms with Gasteiger partial charge in [-0.3, -0.25) is 14.4 Å². The van der Waals surface area contributed by atoms with Crippen LogP contribution in [-0.2, 0) is 7.05 Å². The number of hydrogen-bond donors (Lipinski definition) is 0. The number of benzene rings is 1. The molecule has 1 aromatic carbocycles. The van der Waals surface area contributed by atoms with Crippen LogP contribution in [0.2, 0.25) is 0 Å². The molecule has 26 heavy (non-hydrogen) atoms. The second kappa shape index (κ2) is 7.91. The fraction of sp³-hybridized carbons (Fsp3) is 0.350. The minimum Gasteiger partial charge on any atom is -0.338 e. The number of piperidine rings is 1. The van der Waals surface area contributed by atoms with Gasteiger partial charge in [-0.1, -0.05) is 18.2 Å². The van der Waals surface area contributed by atoms with Gasteiger partial charge < -0.3 is 9.47 Å². The largest absolute Gasteiger partial charge is 0.338 e. The lowest BCUT2D eigenvalue weighted by molar-refractivity contribution is 0.0635. The van der Waals surface area contributed by atoms with Gasteiger partial charge in [0.25, 0.3) is 5.91 Å². The smallest absolute Gasteiger partial charge is 0.255 e. The van der Waals surface area contributed by atoms with Gasteiger partial charge in [0.05, 0.1) is 5.56 Å². The lowest BCUT2D eigenvalue weighted by Crippen LogP contribution is -2.42. The molecule has 0 bridgehead atoms. The number of ketones is 1. The molecule has 1 atom stereocenters. The number of aryl methyl sites for hydroxylation is 1. The molecule has 1 aliphatic heterocycles. The number of aromatic nitrogens is 1. The molecule has 1 aromatic heterocycles. The van der Waals surface area contributed by atoms with E-state index >= 15 is 0 Å². The highest BCUT2D eigenvalue weighted by atomic mass is 32.2. The maximum atomic E-state index is 13.0. The number of pyridine rings is 1. The first-order chi connectivity index (χ1) is 12.5. The van der Waals surface area contributed by atoms with Gasteiger partial charge in [-0.05, 0) is 31.2 Å². The van der Waals surface area contributed by atoms with Gasteiger partial charge in [-0.2, -0.15) is 0 Å². The summed E-state index contributed by atoms with van der Waals surface area (Å²) in [5.74, 6) is -0.210. The lowest BCUT2D eigenvalue weighted by atomic mass is 9.89. The molecule has 1 unspecified atom stereocenters. The monoisotopic (exact) mass is 370 g/mol. The van der Waals surface area contributed by atoms with Crippen LogP contribution in [0.1, 0.15) is 33.6 Å². The molecule has 0 radical (unpaired) electrons. The summed E-state index contributed by atoms with van der Waals surface area (Å²) in [5.41, 5.74) is 1.06. The zero-order chi connectivity index (χ0) is 18.7. The average molecular weight is 370 g/mol. The van der Waals surface area contributed by atoms with Crippen molar-refractivity contribution in [3.8, 4) is 0 Å². The van der Waals surface area contributed by atoms with Gasteiger partial charge in [0.2, 0.25) is 5.56 Å². The van der Waals surface area contributed by atoms with Crippen LogP contribution in [0.15, 0.2) is 52.3 Å². The predicted molar refractivity (Wildman–Crippen MR) is 103 cm³/mol. The van der Waals surface area contributed by atoms with Gasteiger partial charge >= 0.3 is 0 Å². The molecule has 3 rings (SSSR count). The quantitative estimate of drug-likeness (QED) is 0.613. The number of thioether (sulfide) groups is 1. The second-order valence-electron chi connectivity index (χ2n) is 6.52. The minimum atomic E-state index is -0.187. The van der Waals surface area contributed by atoms with Crippen LogP contribution >= 0.6 is 11.8 Å². The van der Waals surface area contributed by atoms with E-state index in [0.717, 1.165) is 23.3 Å². The van der Waals surface area contributed by atoms with Crippen molar-refractivity contribution in [2.75, 3.05) is 19.3 Å². The molecule has 2 heterocycles. The van der Waals surface area contributed by atoms with Crippen molar-refractivity contribution in [1.82, 2.24) is 9.47 Å². The summed E-state index contributed by atoms with van der Waals surface area (Å²) >= 11 is 1.56. The van der Waals surface area contributed by atoms with Crippen LogP contribution in [-0.4, -0.2) is 40.5 Å².